The monoisotopic (exact) mass is 328 g/mol. The number of hydrogen-bond donors (Lipinski definition) is 1. The van der Waals surface area contributed by atoms with Crippen molar-refractivity contribution in [1.29, 1.82) is 0 Å². The summed E-state index contributed by atoms with van der Waals surface area (Å²) in [6.07, 6.45) is 1.27. The summed E-state index contributed by atoms with van der Waals surface area (Å²) in [5.41, 5.74) is 2.83. The highest BCUT2D eigenvalue weighted by Crippen LogP contribution is 2.52. The van der Waals surface area contributed by atoms with Crippen LogP contribution in [-0.2, 0) is 21.3 Å². The molecule has 2 heterocycles. The van der Waals surface area contributed by atoms with Crippen LogP contribution in [0.25, 0.3) is 0 Å². The molecule has 1 N–H and O–H groups in total. The van der Waals surface area contributed by atoms with E-state index >= 15 is 0 Å². The Labute approximate surface area is 137 Å². The Hall–Kier alpha value is -1.85. The SMILES string of the molecule is O=S1(=O)N(Cc2ccccc2)c2ccccc2C12CCNCC2. The number of nitrogens with zero attached hydrogens (tertiary/aromatic N) is 1. The maximum absolute atomic E-state index is 13.4. The van der Waals surface area contributed by atoms with Gasteiger partial charge in [0.25, 0.3) is 0 Å². The molecule has 0 unspecified atom stereocenters. The molecule has 0 saturated carbocycles. The van der Waals surface area contributed by atoms with E-state index in [0.717, 1.165) is 29.9 Å². The van der Waals surface area contributed by atoms with Crippen molar-refractivity contribution in [1.82, 2.24) is 5.32 Å². The lowest BCUT2D eigenvalue weighted by Gasteiger charge is -2.34. The van der Waals surface area contributed by atoms with E-state index < -0.39 is 14.8 Å². The van der Waals surface area contributed by atoms with E-state index in [4.69, 9.17) is 0 Å². The molecule has 0 amide bonds. The zero-order valence-electron chi connectivity index (χ0n) is 12.9. The predicted octanol–water partition coefficient (Wildman–Crippen LogP) is 2.62. The van der Waals surface area contributed by atoms with Crippen LogP contribution in [0.4, 0.5) is 5.69 Å². The van der Waals surface area contributed by atoms with Gasteiger partial charge in [0.05, 0.1) is 12.2 Å². The minimum Gasteiger partial charge on any atom is -0.317 e. The molecule has 4 rings (SSSR count). The standard InChI is InChI=1S/C18H20N2O2S/c21-23(22)18(10-12-19-13-11-18)16-8-4-5-9-17(16)20(23)14-15-6-2-1-3-7-15/h1-9,19H,10-14H2. The number of rotatable bonds is 2. The minimum atomic E-state index is -3.41. The molecule has 0 bridgehead atoms. The molecule has 1 fully saturated rings. The maximum Gasteiger partial charge on any atom is 0.245 e. The van der Waals surface area contributed by atoms with Crippen LogP contribution in [-0.4, -0.2) is 21.5 Å². The molecule has 5 heteroatoms. The Bertz CT molecular complexity index is 812. The first kappa shape index (κ1) is 14.7. The second kappa shape index (κ2) is 5.35. The third-order valence-electron chi connectivity index (χ3n) is 5.03. The number of para-hydroxylation sites is 1. The van der Waals surface area contributed by atoms with Crippen molar-refractivity contribution in [3.63, 3.8) is 0 Å². The van der Waals surface area contributed by atoms with Crippen LogP contribution in [0.2, 0.25) is 0 Å². The highest BCUT2D eigenvalue weighted by atomic mass is 32.2. The smallest absolute Gasteiger partial charge is 0.245 e. The summed E-state index contributed by atoms with van der Waals surface area (Å²) in [5, 5.41) is 3.29. The van der Waals surface area contributed by atoms with E-state index in [1.165, 1.54) is 0 Å². The van der Waals surface area contributed by atoms with Crippen LogP contribution in [0.15, 0.2) is 54.6 Å². The Balaban J connectivity index is 1.84. The fourth-order valence-electron chi connectivity index (χ4n) is 3.83. The second-order valence-electron chi connectivity index (χ2n) is 6.26. The third kappa shape index (κ3) is 2.11. The van der Waals surface area contributed by atoms with Crippen LogP contribution in [0.3, 0.4) is 0 Å². The van der Waals surface area contributed by atoms with E-state index in [-0.39, 0.29) is 0 Å². The van der Waals surface area contributed by atoms with E-state index in [1.807, 2.05) is 54.6 Å². The fraction of sp³-hybridized carbons (Fsp3) is 0.333. The number of sulfonamides is 1. The van der Waals surface area contributed by atoms with Crippen LogP contribution >= 0.6 is 0 Å². The molecule has 120 valence electrons. The highest BCUT2D eigenvalue weighted by Gasteiger charge is 2.55. The van der Waals surface area contributed by atoms with Gasteiger partial charge in [-0.1, -0.05) is 48.5 Å². The lowest BCUT2D eigenvalue weighted by atomic mass is 9.88. The van der Waals surface area contributed by atoms with Gasteiger partial charge in [0, 0.05) is 0 Å². The van der Waals surface area contributed by atoms with Gasteiger partial charge in [-0.2, -0.15) is 0 Å². The summed E-state index contributed by atoms with van der Waals surface area (Å²) in [6.45, 7) is 1.88. The fourth-order valence-corrected chi connectivity index (χ4v) is 6.16. The van der Waals surface area contributed by atoms with Crippen molar-refractivity contribution in [3.8, 4) is 0 Å². The normalized spacial score (nSPS) is 21.3. The average molecular weight is 328 g/mol. The number of fused-ring (bicyclic) bond motifs is 2. The predicted molar refractivity (Wildman–Crippen MR) is 91.8 cm³/mol. The molecule has 0 radical (unpaired) electrons. The van der Waals surface area contributed by atoms with E-state index in [0.29, 0.717) is 19.4 Å². The van der Waals surface area contributed by atoms with Gasteiger partial charge in [-0.05, 0) is 43.1 Å². The van der Waals surface area contributed by atoms with Crippen LogP contribution < -0.4 is 9.62 Å². The molecule has 1 saturated heterocycles. The average Bonchev–Trinajstić information content (AvgIpc) is 2.76. The van der Waals surface area contributed by atoms with Gasteiger partial charge < -0.3 is 5.32 Å². The van der Waals surface area contributed by atoms with Crippen molar-refractivity contribution in [3.05, 3.63) is 65.7 Å². The molecular weight excluding hydrogens is 308 g/mol. The minimum absolute atomic E-state index is 0.398. The molecule has 0 atom stereocenters. The molecule has 0 aliphatic carbocycles. The number of piperidine rings is 1. The van der Waals surface area contributed by atoms with Crippen molar-refractivity contribution >= 4 is 15.7 Å². The zero-order chi connectivity index (χ0) is 15.9. The molecular formula is C18H20N2O2S. The molecule has 4 nitrogen and oxygen atoms in total. The number of benzene rings is 2. The topological polar surface area (TPSA) is 49.4 Å². The highest BCUT2D eigenvalue weighted by molar-refractivity contribution is 7.94. The second-order valence-corrected chi connectivity index (χ2v) is 8.43. The first-order valence-corrected chi connectivity index (χ1v) is 9.46. The Morgan fingerprint density at radius 3 is 2.35 bits per heavy atom. The largest absolute Gasteiger partial charge is 0.317 e. The van der Waals surface area contributed by atoms with E-state index in [9.17, 15) is 8.42 Å². The molecule has 2 aromatic carbocycles. The maximum atomic E-state index is 13.4. The lowest BCUT2D eigenvalue weighted by molar-refractivity contribution is 0.401. The van der Waals surface area contributed by atoms with Crippen LogP contribution in [0, 0.1) is 0 Å². The van der Waals surface area contributed by atoms with Crippen LogP contribution in [0.1, 0.15) is 24.0 Å². The van der Waals surface area contributed by atoms with Gasteiger partial charge in [0.15, 0.2) is 0 Å². The first-order valence-electron chi connectivity index (χ1n) is 8.02. The van der Waals surface area contributed by atoms with Crippen molar-refractivity contribution < 1.29 is 8.42 Å². The van der Waals surface area contributed by atoms with Crippen molar-refractivity contribution in [2.45, 2.75) is 24.1 Å². The summed E-state index contributed by atoms with van der Waals surface area (Å²) in [6, 6.07) is 17.6. The number of nitrogens with one attached hydrogen (secondary N) is 1. The van der Waals surface area contributed by atoms with Gasteiger partial charge in [0.1, 0.15) is 4.75 Å². The molecule has 1 spiro atoms. The van der Waals surface area contributed by atoms with Gasteiger partial charge in [-0.25, -0.2) is 8.42 Å². The zero-order valence-corrected chi connectivity index (χ0v) is 13.7. The Morgan fingerprint density at radius 1 is 0.957 bits per heavy atom. The van der Waals surface area contributed by atoms with Gasteiger partial charge in [-0.15, -0.1) is 0 Å². The van der Waals surface area contributed by atoms with Crippen molar-refractivity contribution in [2.75, 3.05) is 17.4 Å². The van der Waals surface area contributed by atoms with E-state index in [2.05, 4.69) is 5.32 Å². The number of anilines is 1. The lowest BCUT2D eigenvalue weighted by Crippen LogP contribution is -2.46. The molecule has 2 aliphatic heterocycles. The summed E-state index contributed by atoms with van der Waals surface area (Å²) in [5.74, 6) is 0. The van der Waals surface area contributed by atoms with Gasteiger partial charge >= 0.3 is 0 Å². The Morgan fingerprint density at radius 2 is 1.61 bits per heavy atom. The van der Waals surface area contributed by atoms with E-state index in [1.54, 1.807) is 4.31 Å². The summed E-state index contributed by atoms with van der Waals surface area (Å²) < 4.78 is 27.7. The molecule has 2 aliphatic rings. The first-order chi connectivity index (χ1) is 11.2. The Kier molecular flexibility index (Phi) is 3.43. The van der Waals surface area contributed by atoms with Gasteiger partial charge in [-0.3, -0.25) is 4.31 Å². The quantitative estimate of drug-likeness (QED) is 0.922. The third-order valence-corrected chi connectivity index (χ3v) is 7.55. The summed E-state index contributed by atoms with van der Waals surface area (Å²) in [4.78, 5) is 0. The van der Waals surface area contributed by atoms with Crippen molar-refractivity contribution in [2.24, 2.45) is 0 Å². The van der Waals surface area contributed by atoms with Crippen LogP contribution in [0.5, 0.6) is 0 Å². The van der Waals surface area contributed by atoms with Gasteiger partial charge in [0.2, 0.25) is 10.0 Å². The molecule has 0 aromatic heterocycles. The summed E-state index contributed by atoms with van der Waals surface area (Å²) >= 11 is 0. The summed E-state index contributed by atoms with van der Waals surface area (Å²) in [7, 11) is -3.41. The molecule has 23 heavy (non-hydrogen) atoms. The number of hydrogen-bond acceptors (Lipinski definition) is 3. The molecule has 2 aromatic rings.